The van der Waals surface area contributed by atoms with Crippen LogP contribution in [0.3, 0.4) is 0 Å². The van der Waals surface area contributed by atoms with Crippen LogP contribution in [0.2, 0.25) is 0 Å². The Labute approximate surface area is 102 Å². The fraction of sp³-hybridized carbons (Fsp3) is 0.833. The maximum absolute atomic E-state index is 11.6. The van der Waals surface area contributed by atoms with E-state index < -0.39 is 0 Å². The van der Waals surface area contributed by atoms with E-state index in [4.69, 9.17) is 4.74 Å². The number of methoxy groups -OCH3 is 1. The second kappa shape index (κ2) is 6.59. The highest BCUT2D eigenvalue weighted by Gasteiger charge is 2.29. The molecule has 0 aromatic heterocycles. The Bertz CT molecular complexity index is 281. The van der Waals surface area contributed by atoms with E-state index in [1.807, 2.05) is 18.7 Å². The summed E-state index contributed by atoms with van der Waals surface area (Å²) >= 11 is 0. The third kappa shape index (κ3) is 4.34. The van der Waals surface area contributed by atoms with Crippen LogP contribution in [-0.4, -0.2) is 49.6 Å². The van der Waals surface area contributed by atoms with Gasteiger partial charge in [-0.2, -0.15) is 0 Å². The van der Waals surface area contributed by atoms with Crippen LogP contribution in [-0.2, 0) is 14.3 Å². The average Bonchev–Trinajstić information content (AvgIpc) is 2.76. The fourth-order valence-electron chi connectivity index (χ4n) is 1.96. The first-order valence-electron chi connectivity index (χ1n) is 6.16. The van der Waals surface area contributed by atoms with E-state index in [0.717, 1.165) is 19.4 Å². The van der Waals surface area contributed by atoms with Crippen molar-refractivity contribution in [3.05, 3.63) is 0 Å². The molecular weight excluding hydrogens is 220 g/mol. The summed E-state index contributed by atoms with van der Waals surface area (Å²) in [6, 6.07) is 0.210. The maximum Gasteiger partial charge on any atom is 0.310 e. The summed E-state index contributed by atoms with van der Waals surface area (Å²) in [5, 5.41) is 2.92. The number of nitrogens with zero attached hydrogens (tertiary/aromatic N) is 1. The van der Waals surface area contributed by atoms with Crippen molar-refractivity contribution in [3.8, 4) is 0 Å². The van der Waals surface area contributed by atoms with Crippen molar-refractivity contribution in [1.29, 1.82) is 0 Å². The van der Waals surface area contributed by atoms with Gasteiger partial charge in [-0.1, -0.05) is 6.92 Å². The second-order valence-electron chi connectivity index (χ2n) is 4.62. The molecule has 1 heterocycles. The molecule has 98 valence electrons. The summed E-state index contributed by atoms with van der Waals surface area (Å²) in [5.41, 5.74) is 0. The van der Waals surface area contributed by atoms with Crippen LogP contribution in [0.1, 0.15) is 26.7 Å². The summed E-state index contributed by atoms with van der Waals surface area (Å²) < 4.78 is 4.70. The highest BCUT2D eigenvalue weighted by Crippen LogP contribution is 2.16. The summed E-state index contributed by atoms with van der Waals surface area (Å²) in [4.78, 5) is 25.0. The van der Waals surface area contributed by atoms with E-state index in [0.29, 0.717) is 13.1 Å². The van der Waals surface area contributed by atoms with Gasteiger partial charge in [0.2, 0.25) is 5.91 Å². The predicted molar refractivity (Wildman–Crippen MR) is 64.5 cm³/mol. The van der Waals surface area contributed by atoms with Crippen molar-refractivity contribution in [1.82, 2.24) is 10.2 Å². The minimum Gasteiger partial charge on any atom is -0.469 e. The van der Waals surface area contributed by atoms with Crippen LogP contribution < -0.4 is 5.32 Å². The second-order valence-corrected chi connectivity index (χ2v) is 4.62. The largest absolute Gasteiger partial charge is 0.469 e. The summed E-state index contributed by atoms with van der Waals surface area (Å²) in [7, 11) is 1.40. The van der Waals surface area contributed by atoms with Crippen molar-refractivity contribution >= 4 is 11.9 Å². The number of nitrogens with one attached hydrogen (secondary N) is 1. The highest BCUT2D eigenvalue weighted by atomic mass is 16.5. The molecule has 1 rings (SSSR count). The van der Waals surface area contributed by atoms with Crippen LogP contribution in [0.15, 0.2) is 0 Å². The molecule has 1 fully saturated rings. The molecule has 1 aliphatic heterocycles. The lowest BCUT2D eigenvalue weighted by Gasteiger charge is -2.17. The van der Waals surface area contributed by atoms with Crippen LogP contribution in [0.25, 0.3) is 0 Å². The van der Waals surface area contributed by atoms with Crippen molar-refractivity contribution in [2.75, 3.05) is 26.7 Å². The Hall–Kier alpha value is -1.10. The summed E-state index contributed by atoms with van der Waals surface area (Å²) in [6.07, 6.45) is 1.71. The van der Waals surface area contributed by atoms with Crippen molar-refractivity contribution in [2.45, 2.75) is 32.7 Å². The molecule has 0 saturated carbocycles. The molecule has 5 nitrogen and oxygen atoms in total. The predicted octanol–water partition coefficient (Wildman–Crippen LogP) is 0.396. The summed E-state index contributed by atoms with van der Waals surface area (Å²) in [6.45, 7) is 5.80. The zero-order valence-corrected chi connectivity index (χ0v) is 10.9. The standard InChI is InChI=1S/C12H22N2O3/c1-4-9(2)13-11(15)8-14-6-5-10(7-14)12(16)17-3/h9-10H,4-8H2,1-3H3,(H,13,15). The van der Waals surface area contributed by atoms with Crippen LogP contribution in [0.4, 0.5) is 0 Å². The lowest BCUT2D eigenvalue weighted by Crippen LogP contribution is -2.40. The highest BCUT2D eigenvalue weighted by molar-refractivity contribution is 5.78. The maximum atomic E-state index is 11.6. The molecule has 0 aromatic rings. The average molecular weight is 242 g/mol. The smallest absolute Gasteiger partial charge is 0.310 e. The monoisotopic (exact) mass is 242 g/mol. The Morgan fingerprint density at radius 2 is 2.24 bits per heavy atom. The molecule has 0 bridgehead atoms. The van der Waals surface area contributed by atoms with Gasteiger partial charge in [0.25, 0.3) is 0 Å². The van der Waals surface area contributed by atoms with E-state index in [-0.39, 0.29) is 23.8 Å². The van der Waals surface area contributed by atoms with Gasteiger partial charge in [-0.25, -0.2) is 0 Å². The topological polar surface area (TPSA) is 58.6 Å². The Morgan fingerprint density at radius 3 is 2.82 bits per heavy atom. The van der Waals surface area contributed by atoms with Crippen molar-refractivity contribution in [3.63, 3.8) is 0 Å². The molecule has 0 radical (unpaired) electrons. The van der Waals surface area contributed by atoms with Gasteiger partial charge in [0, 0.05) is 12.6 Å². The zero-order chi connectivity index (χ0) is 12.8. The number of hydrogen-bond donors (Lipinski definition) is 1. The lowest BCUT2D eigenvalue weighted by atomic mass is 10.1. The first-order valence-corrected chi connectivity index (χ1v) is 6.16. The van der Waals surface area contributed by atoms with E-state index >= 15 is 0 Å². The Kier molecular flexibility index (Phi) is 5.41. The van der Waals surface area contributed by atoms with Gasteiger partial charge in [0.05, 0.1) is 19.6 Å². The molecule has 5 heteroatoms. The third-order valence-corrected chi connectivity index (χ3v) is 3.19. The molecule has 1 N–H and O–H groups in total. The van der Waals surface area contributed by atoms with Gasteiger partial charge >= 0.3 is 5.97 Å². The Balaban J connectivity index is 2.30. The van der Waals surface area contributed by atoms with Gasteiger partial charge in [-0.05, 0) is 26.3 Å². The minimum atomic E-state index is -0.171. The number of esters is 1. The van der Waals surface area contributed by atoms with Gasteiger partial charge in [-0.15, -0.1) is 0 Å². The molecule has 0 spiro atoms. The molecule has 17 heavy (non-hydrogen) atoms. The van der Waals surface area contributed by atoms with Gasteiger partial charge in [0.1, 0.15) is 0 Å². The molecule has 0 aromatic carbocycles. The Morgan fingerprint density at radius 1 is 1.53 bits per heavy atom. The number of ether oxygens (including phenoxy) is 1. The zero-order valence-electron chi connectivity index (χ0n) is 10.9. The molecule has 2 atom stereocenters. The number of rotatable bonds is 5. The first-order chi connectivity index (χ1) is 8.06. The molecule has 0 aliphatic carbocycles. The number of amides is 1. The van der Waals surface area contributed by atoms with Gasteiger partial charge in [-0.3, -0.25) is 14.5 Å². The SMILES string of the molecule is CCC(C)NC(=O)CN1CCC(C(=O)OC)C1. The van der Waals surface area contributed by atoms with E-state index in [1.54, 1.807) is 0 Å². The first kappa shape index (κ1) is 14.0. The quantitative estimate of drug-likeness (QED) is 0.709. The number of carbonyl (C=O) groups excluding carboxylic acids is 2. The normalized spacial score (nSPS) is 22.2. The van der Waals surface area contributed by atoms with E-state index in [1.165, 1.54) is 7.11 Å². The lowest BCUT2D eigenvalue weighted by molar-refractivity contribution is -0.145. The number of carbonyl (C=O) groups is 2. The van der Waals surface area contributed by atoms with Crippen LogP contribution >= 0.6 is 0 Å². The van der Waals surface area contributed by atoms with Gasteiger partial charge in [0.15, 0.2) is 0 Å². The molecular formula is C12H22N2O3. The minimum absolute atomic E-state index is 0.0323. The van der Waals surface area contributed by atoms with E-state index in [9.17, 15) is 9.59 Å². The summed E-state index contributed by atoms with van der Waals surface area (Å²) in [5.74, 6) is -0.212. The fourth-order valence-corrected chi connectivity index (χ4v) is 1.96. The van der Waals surface area contributed by atoms with Crippen LogP contribution in [0.5, 0.6) is 0 Å². The number of hydrogen-bond acceptors (Lipinski definition) is 4. The van der Waals surface area contributed by atoms with Crippen molar-refractivity contribution < 1.29 is 14.3 Å². The molecule has 1 amide bonds. The van der Waals surface area contributed by atoms with E-state index in [2.05, 4.69) is 5.32 Å². The third-order valence-electron chi connectivity index (χ3n) is 3.19. The molecule has 2 unspecified atom stereocenters. The number of likely N-dealkylation sites (tertiary alicyclic amines) is 1. The van der Waals surface area contributed by atoms with Gasteiger partial charge < -0.3 is 10.1 Å². The van der Waals surface area contributed by atoms with Crippen molar-refractivity contribution in [2.24, 2.45) is 5.92 Å². The molecule has 1 saturated heterocycles. The van der Waals surface area contributed by atoms with Crippen LogP contribution in [0, 0.1) is 5.92 Å². The molecule has 1 aliphatic rings.